The number of fused-ring (bicyclic) bond motifs is 1. The van der Waals surface area contributed by atoms with Crippen molar-refractivity contribution in [3.63, 3.8) is 0 Å². The van der Waals surface area contributed by atoms with Gasteiger partial charge in [0, 0.05) is 17.5 Å². The van der Waals surface area contributed by atoms with Crippen molar-refractivity contribution >= 4 is 22.5 Å². The van der Waals surface area contributed by atoms with Gasteiger partial charge in [0.2, 0.25) is 0 Å². The fourth-order valence-electron chi connectivity index (χ4n) is 2.06. The summed E-state index contributed by atoms with van der Waals surface area (Å²) in [5, 5.41) is 2.13. The summed E-state index contributed by atoms with van der Waals surface area (Å²) in [7, 11) is 0. The molecule has 18 heavy (non-hydrogen) atoms. The first kappa shape index (κ1) is 11.4. The quantitative estimate of drug-likeness (QED) is 0.777. The minimum absolute atomic E-state index is 0.826. The number of H-pyrrole nitrogens is 1. The molecule has 0 bridgehead atoms. The standard InChI is InChI=1S/C14H15N3S/c1-10-8-12-14(15-9-10)17-13(16-12)6-2-4-11-5-3-7-18-11/h3,5,7-9H,2,4,6H2,1H3,(H,15,16,17). The lowest BCUT2D eigenvalue weighted by Crippen LogP contribution is -1.90. The van der Waals surface area contributed by atoms with Crippen LogP contribution in [-0.4, -0.2) is 15.0 Å². The van der Waals surface area contributed by atoms with Gasteiger partial charge in [0.1, 0.15) is 5.82 Å². The van der Waals surface area contributed by atoms with Crippen LogP contribution >= 0.6 is 11.3 Å². The average Bonchev–Trinajstić information content (AvgIpc) is 2.97. The molecule has 92 valence electrons. The monoisotopic (exact) mass is 257 g/mol. The molecule has 0 amide bonds. The smallest absolute Gasteiger partial charge is 0.177 e. The molecule has 0 aliphatic rings. The van der Waals surface area contributed by atoms with E-state index in [1.807, 2.05) is 24.5 Å². The van der Waals surface area contributed by atoms with E-state index in [0.29, 0.717) is 0 Å². The molecule has 0 atom stereocenters. The third-order valence-electron chi connectivity index (χ3n) is 2.94. The van der Waals surface area contributed by atoms with Crippen LogP contribution in [0, 0.1) is 6.92 Å². The van der Waals surface area contributed by atoms with Crippen LogP contribution in [0.25, 0.3) is 11.2 Å². The zero-order valence-corrected chi connectivity index (χ0v) is 11.1. The van der Waals surface area contributed by atoms with Gasteiger partial charge in [-0.25, -0.2) is 9.97 Å². The van der Waals surface area contributed by atoms with Gasteiger partial charge in [0.15, 0.2) is 5.65 Å². The summed E-state index contributed by atoms with van der Waals surface area (Å²) in [5.74, 6) is 1.04. The highest BCUT2D eigenvalue weighted by Gasteiger charge is 2.04. The molecule has 4 heteroatoms. The van der Waals surface area contributed by atoms with Crippen molar-refractivity contribution in [3.05, 3.63) is 46.0 Å². The van der Waals surface area contributed by atoms with Gasteiger partial charge >= 0.3 is 0 Å². The van der Waals surface area contributed by atoms with E-state index in [1.54, 1.807) is 0 Å². The Hall–Kier alpha value is -1.68. The molecule has 1 N–H and O–H groups in total. The molecule has 0 aliphatic carbocycles. The van der Waals surface area contributed by atoms with Crippen LogP contribution in [0.3, 0.4) is 0 Å². The van der Waals surface area contributed by atoms with Crippen molar-refractivity contribution < 1.29 is 0 Å². The van der Waals surface area contributed by atoms with Gasteiger partial charge in [0.05, 0.1) is 5.52 Å². The van der Waals surface area contributed by atoms with Gasteiger partial charge in [0.25, 0.3) is 0 Å². The highest BCUT2D eigenvalue weighted by molar-refractivity contribution is 7.09. The number of pyridine rings is 1. The third kappa shape index (κ3) is 2.43. The fourth-order valence-corrected chi connectivity index (χ4v) is 2.81. The Bertz CT molecular complexity index is 640. The van der Waals surface area contributed by atoms with Crippen molar-refractivity contribution in [2.45, 2.75) is 26.2 Å². The first-order chi connectivity index (χ1) is 8.81. The third-order valence-corrected chi connectivity index (χ3v) is 3.88. The second-order valence-electron chi connectivity index (χ2n) is 4.50. The minimum atomic E-state index is 0.826. The number of rotatable bonds is 4. The predicted octanol–water partition coefficient (Wildman–Crippen LogP) is 3.50. The van der Waals surface area contributed by atoms with E-state index in [9.17, 15) is 0 Å². The molecule has 0 saturated heterocycles. The molecule has 3 rings (SSSR count). The Morgan fingerprint density at radius 2 is 2.28 bits per heavy atom. The maximum atomic E-state index is 4.51. The van der Waals surface area contributed by atoms with Crippen LogP contribution in [0.1, 0.15) is 22.7 Å². The lowest BCUT2D eigenvalue weighted by molar-refractivity contribution is 0.793. The molecule has 0 unspecified atom stereocenters. The molecule has 0 aromatic carbocycles. The SMILES string of the molecule is Cc1cnc2nc(CCCc3cccs3)[nH]c2c1. The van der Waals surface area contributed by atoms with Gasteiger partial charge in [-0.3, -0.25) is 0 Å². The Balaban J connectivity index is 1.67. The number of thiophene rings is 1. The van der Waals surface area contributed by atoms with Crippen molar-refractivity contribution in [1.29, 1.82) is 0 Å². The topological polar surface area (TPSA) is 41.6 Å². The van der Waals surface area contributed by atoms with Crippen molar-refractivity contribution in [3.8, 4) is 0 Å². The summed E-state index contributed by atoms with van der Waals surface area (Å²) < 4.78 is 0. The number of nitrogens with zero attached hydrogens (tertiary/aromatic N) is 2. The van der Waals surface area contributed by atoms with Gasteiger partial charge in [-0.05, 0) is 42.8 Å². The molecule has 3 aromatic heterocycles. The van der Waals surface area contributed by atoms with Crippen LogP contribution < -0.4 is 0 Å². The normalized spacial score (nSPS) is 11.2. The van der Waals surface area contributed by atoms with E-state index in [1.165, 1.54) is 4.88 Å². The van der Waals surface area contributed by atoms with Crippen LogP contribution in [0.15, 0.2) is 29.8 Å². The van der Waals surface area contributed by atoms with Gasteiger partial charge in [-0.15, -0.1) is 11.3 Å². The maximum absolute atomic E-state index is 4.51. The van der Waals surface area contributed by atoms with E-state index >= 15 is 0 Å². The number of nitrogens with one attached hydrogen (secondary N) is 1. The first-order valence-electron chi connectivity index (χ1n) is 6.15. The van der Waals surface area contributed by atoms with Crippen LogP contribution in [0.2, 0.25) is 0 Å². The molecule has 3 nitrogen and oxygen atoms in total. The lowest BCUT2D eigenvalue weighted by Gasteiger charge is -1.95. The lowest BCUT2D eigenvalue weighted by atomic mass is 10.2. The average molecular weight is 257 g/mol. The number of aromatic amines is 1. The molecule has 3 aromatic rings. The van der Waals surface area contributed by atoms with Gasteiger partial charge in [-0.2, -0.15) is 0 Å². The Morgan fingerprint density at radius 3 is 3.11 bits per heavy atom. The highest BCUT2D eigenvalue weighted by Crippen LogP contribution is 2.14. The number of hydrogen-bond acceptors (Lipinski definition) is 3. The number of hydrogen-bond donors (Lipinski definition) is 1. The van der Waals surface area contributed by atoms with Crippen molar-refractivity contribution in [2.24, 2.45) is 0 Å². The zero-order chi connectivity index (χ0) is 12.4. The molecule has 0 saturated carbocycles. The van der Waals surface area contributed by atoms with E-state index < -0.39 is 0 Å². The predicted molar refractivity (Wildman–Crippen MR) is 75.0 cm³/mol. The summed E-state index contributed by atoms with van der Waals surface area (Å²) in [6, 6.07) is 6.39. The molecular weight excluding hydrogens is 242 g/mol. The van der Waals surface area contributed by atoms with Crippen LogP contribution in [-0.2, 0) is 12.8 Å². The summed E-state index contributed by atoms with van der Waals surface area (Å²) in [6.07, 6.45) is 5.09. The molecule has 0 spiro atoms. The molecule has 0 fully saturated rings. The molecular formula is C14H15N3S. The first-order valence-corrected chi connectivity index (χ1v) is 7.03. The number of aromatic nitrogens is 3. The van der Waals surface area contributed by atoms with Gasteiger partial charge in [-0.1, -0.05) is 6.07 Å². The zero-order valence-electron chi connectivity index (χ0n) is 10.3. The summed E-state index contributed by atoms with van der Waals surface area (Å²) in [4.78, 5) is 13.6. The van der Waals surface area contributed by atoms with Crippen molar-refractivity contribution in [1.82, 2.24) is 15.0 Å². The minimum Gasteiger partial charge on any atom is -0.341 e. The summed E-state index contributed by atoms with van der Waals surface area (Å²) in [5.41, 5.74) is 3.03. The van der Waals surface area contributed by atoms with E-state index in [2.05, 4.69) is 38.5 Å². The Kier molecular flexibility index (Phi) is 3.11. The highest BCUT2D eigenvalue weighted by atomic mass is 32.1. The molecule has 0 aliphatic heterocycles. The summed E-state index contributed by atoms with van der Waals surface area (Å²) >= 11 is 1.82. The van der Waals surface area contributed by atoms with E-state index in [4.69, 9.17) is 0 Å². The molecule has 3 heterocycles. The summed E-state index contributed by atoms with van der Waals surface area (Å²) in [6.45, 7) is 2.05. The van der Waals surface area contributed by atoms with Crippen LogP contribution in [0.5, 0.6) is 0 Å². The second kappa shape index (κ2) is 4.90. The van der Waals surface area contributed by atoms with E-state index in [0.717, 1.165) is 41.8 Å². The number of aryl methyl sites for hydroxylation is 3. The molecule has 0 radical (unpaired) electrons. The van der Waals surface area contributed by atoms with Crippen LogP contribution in [0.4, 0.5) is 0 Å². The number of imidazole rings is 1. The Labute approximate surface area is 110 Å². The second-order valence-corrected chi connectivity index (χ2v) is 5.53. The van der Waals surface area contributed by atoms with E-state index in [-0.39, 0.29) is 0 Å². The largest absolute Gasteiger partial charge is 0.341 e. The fraction of sp³-hybridized carbons (Fsp3) is 0.286. The Morgan fingerprint density at radius 1 is 1.33 bits per heavy atom. The van der Waals surface area contributed by atoms with Gasteiger partial charge < -0.3 is 4.98 Å². The maximum Gasteiger partial charge on any atom is 0.177 e. The van der Waals surface area contributed by atoms with Crippen molar-refractivity contribution in [2.75, 3.05) is 0 Å².